The third kappa shape index (κ3) is 3.93. The minimum atomic E-state index is -3.67. The third-order valence-electron chi connectivity index (χ3n) is 6.43. The molecule has 2 aromatic carbocycles. The molecule has 8 heteroatoms. The predicted molar refractivity (Wildman–Crippen MR) is 122 cm³/mol. The van der Waals surface area contributed by atoms with Crippen molar-refractivity contribution in [2.24, 2.45) is 0 Å². The number of methoxy groups -OCH3 is 1. The van der Waals surface area contributed by atoms with Gasteiger partial charge in [0.2, 0.25) is 10.0 Å². The highest BCUT2D eigenvalue weighted by atomic mass is 32.2. The van der Waals surface area contributed by atoms with E-state index in [0.717, 1.165) is 36.1 Å². The van der Waals surface area contributed by atoms with Crippen LogP contribution in [0.5, 0.6) is 0 Å². The first-order valence-corrected chi connectivity index (χ1v) is 12.3. The van der Waals surface area contributed by atoms with Gasteiger partial charge in [-0.25, -0.2) is 13.2 Å². The molecule has 0 radical (unpaired) electrons. The number of piperidine rings is 1. The van der Waals surface area contributed by atoms with Gasteiger partial charge >= 0.3 is 5.97 Å². The lowest BCUT2D eigenvalue weighted by Crippen LogP contribution is -2.42. The van der Waals surface area contributed by atoms with E-state index in [2.05, 4.69) is 0 Å². The van der Waals surface area contributed by atoms with E-state index in [9.17, 15) is 18.0 Å². The topological polar surface area (TPSA) is 84.0 Å². The quantitative estimate of drug-likeness (QED) is 0.657. The smallest absolute Gasteiger partial charge is 0.337 e. The lowest BCUT2D eigenvalue weighted by atomic mass is 10.1. The molecular weight excluding hydrogens is 428 g/mol. The molecule has 0 saturated carbocycles. The van der Waals surface area contributed by atoms with E-state index in [-0.39, 0.29) is 16.8 Å². The Hall–Kier alpha value is -2.71. The van der Waals surface area contributed by atoms with Crippen molar-refractivity contribution in [1.82, 2.24) is 4.31 Å². The van der Waals surface area contributed by atoms with E-state index in [1.165, 1.54) is 13.2 Å². The summed E-state index contributed by atoms with van der Waals surface area (Å²) in [6.45, 7) is 4.71. The minimum Gasteiger partial charge on any atom is -0.465 e. The number of hydrogen-bond acceptors (Lipinski definition) is 5. The maximum absolute atomic E-state index is 13.5. The second kappa shape index (κ2) is 8.67. The molecule has 2 aliphatic rings. The molecule has 1 amide bonds. The number of amides is 1. The van der Waals surface area contributed by atoms with Gasteiger partial charge in [0.15, 0.2) is 0 Å². The SMILES string of the molecule is COC(=O)c1ccc2c(c1)CCN2C(=O)c1cc(S(=O)(=O)N2CCCCC2C)ccc1C. The van der Waals surface area contributed by atoms with E-state index >= 15 is 0 Å². The van der Waals surface area contributed by atoms with E-state index in [1.807, 2.05) is 13.8 Å². The number of rotatable bonds is 4. The van der Waals surface area contributed by atoms with E-state index < -0.39 is 16.0 Å². The zero-order chi connectivity index (χ0) is 23.0. The van der Waals surface area contributed by atoms with Crippen LogP contribution in [0.15, 0.2) is 41.3 Å². The second-order valence-corrected chi connectivity index (χ2v) is 10.4. The first kappa shape index (κ1) is 22.5. The number of sulfonamides is 1. The number of carbonyl (C=O) groups excluding carboxylic acids is 2. The van der Waals surface area contributed by atoms with Crippen LogP contribution in [-0.2, 0) is 21.2 Å². The average Bonchev–Trinajstić information content (AvgIpc) is 3.21. The van der Waals surface area contributed by atoms with Crippen molar-refractivity contribution >= 4 is 27.6 Å². The fraction of sp³-hybridized carbons (Fsp3) is 0.417. The molecule has 1 unspecified atom stereocenters. The zero-order valence-electron chi connectivity index (χ0n) is 18.6. The van der Waals surface area contributed by atoms with E-state index in [1.54, 1.807) is 39.5 Å². The van der Waals surface area contributed by atoms with Crippen LogP contribution in [0, 0.1) is 6.92 Å². The molecular formula is C24H28N2O5S. The molecule has 0 aromatic heterocycles. The molecule has 0 N–H and O–H groups in total. The number of anilines is 1. The highest BCUT2D eigenvalue weighted by molar-refractivity contribution is 7.89. The highest BCUT2D eigenvalue weighted by Gasteiger charge is 2.33. The fourth-order valence-electron chi connectivity index (χ4n) is 4.56. The molecule has 170 valence electrons. The Kier molecular flexibility index (Phi) is 6.09. The average molecular weight is 457 g/mol. The first-order valence-electron chi connectivity index (χ1n) is 10.9. The normalized spacial score (nSPS) is 19.0. The molecule has 1 saturated heterocycles. The van der Waals surface area contributed by atoms with Crippen LogP contribution >= 0.6 is 0 Å². The van der Waals surface area contributed by atoms with Gasteiger partial charge in [0.1, 0.15) is 0 Å². The molecule has 4 rings (SSSR count). The van der Waals surface area contributed by atoms with Crippen molar-refractivity contribution in [3.05, 3.63) is 58.7 Å². The van der Waals surface area contributed by atoms with Crippen molar-refractivity contribution in [3.8, 4) is 0 Å². The molecule has 0 aliphatic carbocycles. The van der Waals surface area contributed by atoms with Gasteiger partial charge in [-0.2, -0.15) is 4.31 Å². The maximum Gasteiger partial charge on any atom is 0.337 e. The van der Waals surface area contributed by atoms with Crippen LogP contribution in [0.4, 0.5) is 5.69 Å². The monoisotopic (exact) mass is 456 g/mol. The van der Waals surface area contributed by atoms with Crippen LogP contribution in [0.25, 0.3) is 0 Å². The number of nitrogens with zero attached hydrogens (tertiary/aromatic N) is 2. The molecule has 2 heterocycles. The van der Waals surface area contributed by atoms with Gasteiger partial charge in [-0.15, -0.1) is 0 Å². The van der Waals surface area contributed by atoms with Crippen LogP contribution in [0.3, 0.4) is 0 Å². The Labute approximate surface area is 189 Å². The Bertz CT molecular complexity index is 1170. The molecule has 0 bridgehead atoms. The highest BCUT2D eigenvalue weighted by Crippen LogP contribution is 2.32. The second-order valence-electron chi connectivity index (χ2n) is 8.48. The van der Waals surface area contributed by atoms with Gasteiger partial charge in [0.05, 0.1) is 17.6 Å². The fourth-order valence-corrected chi connectivity index (χ4v) is 6.29. The maximum atomic E-state index is 13.5. The molecule has 0 spiro atoms. The number of esters is 1. The Balaban J connectivity index is 1.66. The number of ether oxygens (including phenoxy) is 1. The molecule has 2 aliphatic heterocycles. The van der Waals surface area contributed by atoms with E-state index in [4.69, 9.17) is 4.74 Å². The van der Waals surface area contributed by atoms with Crippen LogP contribution < -0.4 is 4.90 Å². The number of carbonyl (C=O) groups is 2. The molecule has 1 fully saturated rings. The van der Waals surface area contributed by atoms with Gasteiger partial charge < -0.3 is 9.64 Å². The standard InChI is InChI=1S/C24H28N2O5S/c1-16-7-9-20(32(29,30)26-12-5-4-6-17(26)2)15-21(16)23(27)25-13-11-18-14-19(24(28)31-3)8-10-22(18)25/h7-10,14-15,17H,4-6,11-13H2,1-3H3. The number of hydrogen-bond donors (Lipinski definition) is 0. The summed E-state index contributed by atoms with van der Waals surface area (Å²) in [6.07, 6.45) is 3.33. The predicted octanol–water partition coefficient (Wildman–Crippen LogP) is 3.55. The molecule has 7 nitrogen and oxygen atoms in total. The summed E-state index contributed by atoms with van der Waals surface area (Å²) in [6, 6.07) is 9.88. The number of fused-ring (bicyclic) bond motifs is 1. The van der Waals surface area contributed by atoms with Crippen molar-refractivity contribution in [2.45, 2.75) is 50.5 Å². The third-order valence-corrected chi connectivity index (χ3v) is 8.44. The molecule has 2 aromatic rings. The van der Waals surface area contributed by atoms with Crippen LogP contribution in [-0.4, -0.2) is 50.8 Å². The summed E-state index contributed by atoms with van der Waals surface area (Å²) in [5.74, 6) is -0.658. The summed E-state index contributed by atoms with van der Waals surface area (Å²) in [4.78, 5) is 27.1. The Morgan fingerprint density at radius 3 is 2.56 bits per heavy atom. The van der Waals surface area contributed by atoms with Crippen LogP contribution in [0.1, 0.15) is 58.0 Å². The Morgan fingerprint density at radius 1 is 1.06 bits per heavy atom. The Morgan fingerprint density at radius 2 is 1.84 bits per heavy atom. The van der Waals surface area contributed by atoms with Crippen LogP contribution in [0.2, 0.25) is 0 Å². The van der Waals surface area contributed by atoms with Gasteiger partial charge in [-0.05, 0) is 74.6 Å². The lowest BCUT2D eigenvalue weighted by molar-refractivity contribution is 0.0600. The molecule has 32 heavy (non-hydrogen) atoms. The number of benzene rings is 2. The van der Waals surface area contributed by atoms with E-state index in [0.29, 0.717) is 30.6 Å². The zero-order valence-corrected chi connectivity index (χ0v) is 19.4. The van der Waals surface area contributed by atoms with Crippen molar-refractivity contribution in [3.63, 3.8) is 0 Å². The molecule has 1 atom stereocenters. The van der Waals surface area contributed by atoms with Crippen molar-refractivity contribution in [2.75, 3.05) is 25.1 Å². The number of aryl methyl sites for hydroxylation is 1. The van der Waals surface area contributed by atoms with Gasteiger partial charge in [0.25, 0.3) is 5.91 Å². The van der Waals surface area contributed by atoms with Gasteiger partial charge in [-0.3, -0.25) is 4.79 Å². The summed E-state index contributed by atoms with van der Waals surface area (Å²) in [5, 5.41) is 0. The van der Waals surface area contributed by atoms with Crippen molar-refractivity contribution < 1.29 is 22.7 Å². The van der Waals surface area contributed by atoms with Gasteiger partial charge in [-0.1, -0.05) is 12.5 Å². The summed E-state index contributed by atoms with van der Waals surface area (Å²) in [7, 11) is -2.34. The van der Waals surface area contributed by atoms with Crippen molar-refractivity contribution in [1.29, 1.82) is 0 Å². The van der Waals surface area contributed by atoms with Gasteiger partial charge in [0, 0.05) is 30.4 Å². The summed E-state index contributed by atoms with van der Waals surface area (Å²) < 4.78 is 32.9. The lowest BCUT2D eigenvalue weighted by Gasteiger charge is -2.32. The minimum absolute atomic E-state index is 0.0522. The summed E-state index contributed by atoms with van der Waals surface area (Å²) in [5.41, 5.74) is 3.17. The summed E-state index contributed by atoms with van der Waals surface area (Å²) >= 11 is 0. The largest absolute Gasteiger partial charge is 0.465 e. The first-order chi connectivity index (χ1) is 15.2.